The summed E-state index contributed by atoms with van der Waals surface area (Å²) in [6.45, 7) is 2.61. The van der Waals surface area contributed by atoms with Gasteiger partial charge >= 0.3 is 6.03 Å². The lowest BCUT2D eigenvalue weighted by atomic mass is 9.98. The van der Waals surface area contributed by atoms with Gasteiger partial charge in [-0.2, -0.15) is 5.10 Å². The minimum Gasteiger partial charge on any atom is -0.383 e. The molecule has 0 unspecified atom stereocenters. The smallest absolute Gasteiger partial charge is 0.317 e. The van der Waals surface area contributed by atoms with E-state index in [-0.39, 0.29) is 30.8 Å². The molecule has 0 aliphatic carbocycles. The molecule has 2 aromatic rings. The minimum atomic E-state index is -0.437. The Balaban J connectivity index is 1.90. The average molecular weight is 461 g/mol. The Hall–Kier alpha value is -2.97. The van der Waals surface area contributed by atoms with Crippen molar-refractivity contribution in [2.45, 2.75) is 19.4 Å². The van der Waals surface area contributed by atoms with Crippen molar-refractivity contribution in [1.29, 1.82) is 0 Å². The highest BCUT2D eigenvalue weighted by Crippen LogP contribution is 2.34. The fourth-order valence-corrected chi connectivity index (χ4v) is 3.74. The molecule has 170 valence electrons. The van der Waals surface area contributed by atoms with Gasteiger partial charge in [0.05, 0.1) is 18.4 Å². The van der Waals surface area contributed by atoms with Crippen LogP contribution in [0.1, 0.15) is 30.5 Å². The zero-order valence-electron chi connectivity index (χ0n) is 18.1. The zero-order valence-corrected chi connectivity index (χ0v) is 18.8. The molecule has 0 fully saturated rings. The van der Waals surface area contributed by atoms with Crippen LogP contribution in [0, 0.1) is 5.82 Å². The van der Waals surface area contributed by atoms with Gasteiger partial charge in [0, 0.05) is 37.2 Å². The number of rotatable bonds is 8. The summed E-state index contributed by atoms with van der Waals surface area (Å²) in [6.07, 6.45) is 0.417. The van der Waals surface area contributed by atoms with Crippen LogP contribution in [-0.4, -0.2) is 60.9 Å². The van der Waals surface area contributed by atoms with Crippen molar-refractivity contribution < 1.29 is 18.7 Å². The molecule has 1 N–H and O–H groups in total. The summed E-state index contributed by atoms with van der Waals surface area (Å²) in [4.78, 5) is 27.1. The van der Waals surface area contributed by atoms with Crippen LogP contribution in [-0.2, 0) is 9.53 Å². The van der Waals surface area contributed by atoms with Gasteiger partial charge in [0.15, 0.2) is 0 Å². The first kappa shape index (κ1) is 23.7. The fraction of sp³-hybridized carbons (Fsp3) is 0.348. The number of halogens is 2. The van der Waals surface area contributed by atoms with E-state index in [4.69, 9.17) is 16.3 Å². The van der Waals surface area contributed by atoms with Gasteiger partial charge in [0.1, 0.15) is 12.4 Å². The number of amides is 3. The predicted octanol–water partition coefficient (Wildman–Crippen LogP) is 3.83. The van der Waals surface area contributed by atoms with Crippen LogP contribution in [0.15, 0.2) is 53.6 Å². The Kier molecular flexibility index (Phi) is 8.19. The first-order valence-corrected chi connectivity index (χ1v) is 10.7. The van der Waals surface area contributed by atoms with Crippen molar-refractivity contribution in [2.75, 3.05) is 33.4 Å². The molecule has 0 bridgehead atoms. The van der Waals surface area contributed by atoms with E-state index >= 15 is 0 Å². The van der Waals surface area contributed by atoms with E-state index in [1.807, 2.05) is 18.2 Å². The third-order valence-electron chi connectivity index (χ3n) is 5.11. The third-order valence-corrected chi connectivity index (χ3v) is 5.44. The fourth-order valence-electron chi connectivity index (χ4n) is 3.50. The van der Waals surface area contributed by atoms with Gasteiger partial charge in [0.25, 0.3) is 5.91 Å². The summed E-state index contributed by atoms with van der Waals surface area (Å²) in [7, 11) is 1.53. The number of nitrogens with zero attached hydrogens (tertiary/aromatic N) is 3. The molecule has 9 heteroatoms. The van der Waals surface area contributed by atoms with E-state index in [2.05, 4.69) is 10.4 Å². The topological polar surface area (TPSA) is 74.2 Å². The van der Waals surface area contributed by atoms with Gasteiger partial charge in [-0.25, -0.2) is 14.2 Å². The second-order valence-electron chi connectivity index (χ2n) is 7.29. The molecule has 0 spiro atoms. The van der Waals surface area contributed by atoms with Crippen LogP contribution in [0.3, 0.4) is 0 Å². The van der Waals surface area contributed by atoms with Crippen molar-refractivity contribution in [3.63, 3.8) is 0 Å². The largest absolute Gasteiger partial charge is 0.383 e. The van der Waals surface area contributed by atoms with E-state index < -0.39 is 6.04 Å². The lowest BCUT2D eigenvalue weighted by Crippen LogP contribution is -2.47. The SMILES string of the molecule is CCNC(=O)N(CCOC)CC(=O)N1N=C(c2ccccc2Cl)C[C@@H]1c1ccc(F)cc1. The number of carbonyl (C=O) groups is 2. The second kappa shape index (κ2) is 11.1. The molecular weight excluding hydrogens is 435 g/mol. The summed E-state index contributed by atoms with van der Waals surface area (Å²) in [5, 5.41) is 9.17. The molecule has 1 atom stereocenters. The number of ether oxygens (including phenoxy) is 1. The summed E-state index contributed by atoms with van der Waals surface area (Å²) < 4.78 is 18.6. The Bertz CT molecular complexity index is 983. The third kappa shape index (κ3) is 5.63. The number of methoxy groups -OCH3 is 1. The predicted molar refractivity (Wildman–Crippen MR) is 121 cm³/mol. The molecule has 3 rings (SSSR count). The van der Waals surface area contributed by atoms with Gasteiger partial charge in [-0.1, -0.05) is 41.9 Å². The summed E-state index contributed by atoms with van der Waals surface area (Å²) in [5.41, 5.74) is 2.13. The summed E-state index contributed by atoms with van der Waals surface area (Å²) in [5.74, 6) is -0.720. The molecule has 0 radical (unpaired) electrons. The molecule has 7 nitrogen and oxygen atoms in total. The van der Waals surface area contributed by atoms with Crippen molar-refractivity contribution in [3.05, 3.63) is 70.5 Å². The van der Waals surface area contributed by atoms with Crippen LogP contribution in [0.2, 0.25) is 5.02 Å². The first-order chi connectivity index (χ1) is 15.4. The standard InChI is InChI=1S/C23H26ClFN4O3/c1-3-26-23(31)28(12-13-32-2)15-22(30)29-21(16-8-10-17(25)11-9-16)14-20(27-29)18-6-4-5-7-19(18)24/h4-11,21H,3,12-15H2,1-2H3,(H,26,31)/t21-/m1/s1. The maximum absolute atomic E-state index is 13.5. The van der Waals surface area contributed by atoms with Crippen LogP contribution in [0.4, 0.5) is 9.18 Å². The van der Waals surface area contributed by atoms with Crippen molar-refractivity contribution >= 4 is 29.3 Å². The molecular formula is C23H26ClFN4O3. The summed E-state index contributed by atoms with van der Waals surface area (Å²) in [6, 6.07) is 12.5. The van der Waals surface area contributed by atoms with Crippen molar-refractivity contribution in [2.24, 2.45) is 5.10 Å². The van der Waals surface area contributed by atoms with Crippen molar-refractivity contribution in [1.82, 2.24) is 15.2 Å². The Morgan fingerprint density at radius 1 is 1.25 bits per heavy atom. The van der Waals surface area contributed by atoms with Crippen LogP contribution < -0.4 is 5.32 Å². The number of benzene rings is 2. The molecule has 32 heavy (non-hydrogen) atoms. The summed E-state index contributed by atoms with van der Waals surface area (Å²) >= 11 is 6.36. The lowest BCUT2D eigenvalue weighted by Gasteiger charge is -2.27. The number of carbonyl (C=O) groups excluding carboxylic acids is 2. The monoisotopic (exact) mass is 460 g/mol. The van der Waals surface area contributed by atoms with E-state index in [0.717, 1.165) is 11.1 Å². The highest BCUT2D eigenvalue weighted by molar-refractivity contribution is 6.34. The molecule has 0 saturated carbocycles. The van der Waals surface area contributed by atoms with Gasteiger partial charge in [-0.3, -0.25) is 4.79 Å². The second-order valence-corrected chi connectivity index (χ2v) is 7.69. The average Bonchev–Trinajstić information content (AvgIpc) is 3.22. The molecule has 1 aliphatic heterocycles. The van der Waals surface area contributed by atoms with E-state index in [9.17, 15) is 14.0 Å². The molecule has 1 heterocycles. The quantitative estimate of drug-likeness (QED) is 0.650. The number of hydrazone groups is 1. The van der Waals surface area contributed by atoms with Gasteiger partial charge < -0.3 is 15.0 Å². The van der Waals surface area contributed by atoms with Crippen molar-refractivity contribution in [3.8, 4) is 0 Å². The number of hydrogen-bond donors (Lipinski definition) is 1. The Morgan fingerprint density at radius 3 is 2.62 bits per heavy atom. The minimum absolute atomic E-state index is 0.174. The van der Waals surface area contributed by atoms with E-state index in [1.54, 1.807) is 25.1 Å². The van der Waals surface area contributed by atoms with Gasteiger partial charge in [0.2, 0.25) is 0 Å². The zero-order chi connectivity index (χ0) is 23.1. The maximum atomic E-state index is 13.5. The molecule has 1 aliphatic rings. The van der Waals surface area contributed by atoms with Gasteiger partial charge in [-0.05, 0) is 30.7 Å². The van der Waals surface area contributed by atoms with E-state index in [1.165, 1.54) is 29.2 Å². The number of urea groups is 1. The molecule has 3 amide bonds. The van der Waals surface area contributed by atoms with Crippen LogP contribution in [0.25, 0.3) is 0 Å². The first-order valence-electron chi connectivity index (χ1n) is 10.4. The molecule has 0 saturated heterocycles. The molecule has 0 aromatic heterocycles. The maximum Gasteiger partial charge on any atom is 0.317 e. The molecule has 2 aromatic carbocycles. The van der Waals surface area contributed by atoms with Crippen LogP contribution >= 0.6 is 11.6 Å². The van der Waals surface area contributed by atoms with Crippen LogP contribution in [0.5, 0.6) is 0 Å². The normalized spacial score (nSPS) is 15.4. The highest BCUT2D eigenvalue weighted by Gasteiger charge is 2.34. The van der Waals surface area contributed by atoms with E-state index in [0.29, 0.717) is 30.3 Å². The highest BCUT2D eigenvalue weighted by atomic mass is 35.5. The Labute approximate surface area is 191 Å². The Morgan fingerprint density at radius 2 is 1.97 bits per heavy atom. The van der Waals surface area contributed by atoms with Gasteiger partial charge in [-0.15, -0.1) is 0 Å². The lowest BCUT2D eigenvalue weighted by molar-refractivity contribution is -0.133. The number of nitrogens with one attached hydrogen (secondary N) is 1. The number of hydrogen-bond acceptors (Lipinski definition) is 4.